The zero-order valence-electron chi connectivity index (χ0n) is 29.8. The number of benzene rings is 4. The molecule has 266 valence electrons. The lowest BCUT2D eigenvalue weighted by Crippen LogP contribution is -2.31. The number of Topliss-reactive ketones (excluding diaryl/α,β-unsaturated/α-hetero) is 2. The summed E-state index contributed by atoms with van der Waals surface area (Å²) in [6.45, 7) is 7.02. The van der Waals surface area contributed by atoms with Gasteiger partial charge in [-0.1, -0.05) is 48.6 Å². The molecule has 2 heterocycles. The van der Waals surface area contributed by atoms with Gasteiger partial charge in [-0.3, -0.25) is 24.0 Å². The molecule has 1 unspecified atom stereocenters. The predicted octanol–water partition coefficient (Wildman–Crippen LogP) is 8.41. The number of nitrogens with zero attached hydrogens (tertiary/aromatic N) is 2. The SMILES string of the molecule is Cc1c2c(c(C)c3c1C(=O)N(c1cc(OC(C)C)ccc1C1C=CCCC1)C3=O)C(=O)C(c1nc3ccc(SCc4ccccc4)cc3c(=O)[nH]1)C2=O. The van der Waals surface area contributed by atoms with Crippen molar-refractivity contribution >= 4 is 51.7 Å². The van der Waals surface area contributed by atoms with E-state index in [4.69, 9.17) is 4.74 Å². The van der Waals surface area contributed by atoms with E-state index in [1.54, 1.807) is 43.8 Å². The van der Waals surface area contributed by atoms with Gasteiger partial charge in [-0.15, -0.1) is 11.8 Å². The highest BCUT2D eigenvalue weighted by molar-refractivity contribution is 7.98. The van der Waals surface area contributed by atoms with Gasteiger partial charge in [-0.2, -0.15) is 0 Å². The molecule has 2 amide bonds. The maximum Gasteiger partial charge on any atom is 0.266 e. The molecule has 2 aliphatic carbocycles. The number of thioether (sulfide) groups is 1. The van der Waals surface area contributed by atoms with Crippen LogP contribution in [0.3, 0.4) is 0 Å². The Bertz CT molecular complexity index is 2420. The molecule has 0 bridgehead atoms. The number of aromatic amines is 1. The second-order valence-electron chi connectivity index (χ2n) is 14.1. The quantitative estimate of drug-likeness (QED) is 0.0732. The zero-order valence-corrected chi connectivity index (χ0v) is 30.6. The molecule has 10 heteroatoms. The molecule has 0 saturated heterocycles. The van der Waals surface area contributed by atoms with Gasteiger partial charge < -0.3 is 9.72 Å². The fourth-order valence-electron chi connectivity index (χ4n) is 7.89. The third-order valence-electron chi connectivity index (χ3n) is 10.3. The first-order valence-electron chi connectivity index (χ1n) is 17.9. The van der Waals surface area contributed by atoms with Crippen LogP contribution in [-0.4, -0.2) is 39.5 Å². The molecular formula is C43H37N3O6S. The average molecular weight is 724 g/mol. The minimum absolute atomic E-state index is 0.00326. The number of fused-ring (bicyclic) bond motifs is 3. The molecule has 1 N–H and O–H groups in total. The van der Waals surface area contributed by atoms with Crippen molar-refractivity contribution < 1.29 is 23.9 Å². The molecule has 0 spiro atoms. The number of imide groups is 1. The number of H-pyrrole nitrogens is 1. The third-order valence-corrected chi connectivity index (χ3v) is 11.4. The van der Waals surface area contributed by atoms with Crippen LogP contribution in [0.5, 0.6) is 5.75 Å². The van der Waals surface area contributed by atoms with E-state index in [0.29, 0.717) is 22.3 Å². The highest BCUT2D eigenvalue weighted by Gasteiger charge is 2.49. The number of anilines is 1. The van der Waals surface area contributed by atoms with Crippen molar-refractivity contribution in [1.82, 2.24) is 9.97 Å². The topological polar surface area (TPSA) is 126 Å². The second-order valence-corrected chi connectivity index (χ2v) is 15.2. The fraction of sp³-hybridized carbons (Fsp3) is 0.256. The van der Waals surface area contributed by atoms with Gasteiger partial charge in [-0.25, -0.2) is 9.88 Å². The monoisotopic (exact) mass is 723 g/mol. The molecule has 4 aromatic carbocycles. The van der Waals surface area contributed by atoms with Gasteiger partial charge in [0, 0.05) is 33.8 Å². The molecule has 9 nitrogen and oxygen atoms in total. The van der Waals surface area contributed by atoms with Gasteiger partial charge in [-0.05, 0) is 93.5 Å². The van der Waals surface area contributed by atoms with E-state index in [0.717, 1.165) is 41.0 Å². The zero-order chi connectivity index (χ0) is 37.1. The Morgan fingerprint density at radius 1 is 0.868 bits per heavy atom. The number of nitrogens with one attached hydrogen (secondary N) is 1. The van der Waals surface area contributed by atoms with Gasteiger partial charge in [0.05, 0.1) is 33.8 Å². The van der Waals surface area contributed by atoms with Crippen LogP contribution >= 0.6 is 11.8 Å². The lowest BCUT2D eigenvalue weighted by Gasteiger charge is -2.25. The summed E-state index contributed by atoms with van der Waals surface area (Å²) in [7, 11) is 0. The predicted molar refractivity (Wildman–Crippen MR) is 205 cm³/mol. The summed E-state index contributed by atoms with van der Waals surface area (Å²) >= 11 is 1.59. The fourth-order valence-corrected chi connectivity index (χ4v) is 8.78. The molecule has 8 rings (SSSR count). The van der Waals surface area contributed by atoms with E-state index in [2.05, 4.69) is 22.1 Å². The summed E-state index contributed by atoms with van der Waals surface area (Å²) in [6.07, 6.45) is 6.92. The number of amides is 2. The van der Waals surface area contributed by atoms with Crippen LogP contribution in [0.4, 0.5) is 5.69 Å². The first kappa shape index (κ1) is 34.5. The molecule has 0 fully saturated rings. The molecule has 1 aliphatic heterocycles. The number of carbonyl (C=O) groups excluding carboxylic acids is 4. The van der Waals surface area contributed by atoms with Crippen molar-refractivity contribution in [3.05, 3.63) is 140 Å². The smallest absolute Gasteiger partial charge is 0.266 e. The van der Waals surface area contributed by atoms with Crippen LogP contribution in [0.1, 0.15) is 114 Å². The molecule has 0 saturated carbocycles. The van der Waals surface area contributed by atoms with Crippen molar-refractivity contribution in [1.29, 1.82) is 0 Å². The van der Waals surface area contributed by atoms with Crippen molar-refractivity contribution in [2.24, 2.45) is 0 Å². The molecule has 3 aliphatic rings. The first-order chi connectivity index (χ1) is 25.5. The molecular weight excluding hydrogens is 687 g/mol. The lowest BCUT2D eigenvalue weighted by atomic mass is 9.88. The van der Waals surface area contributed by atoms with E-state index in [9.17, 15) is 24.0 Å². The van der Waals surface area contributed by atoms with Gasteiger partial charge in [0.25, 0.3) is 17.4 Å². The molecule has 53 heavy (non-hydrogen) atoms. The maximum atomic E-state index is 14.4. The maximum absolute atomic E-state index is 14.4. The largest absolute Gasteiger partial charge is 0.491 e. The van der Waals surface area contributed by atoms with Gasteiger partial charge in [0.15, 0.2) is 11.6 Å². The van der Waals surface area contributed by atoms with Gasteiger partial charge in [0.1, 0.15) is 17.5 Å². The van der Waals surface area contributed by atoms with E-state index >= 15 is 0 Å². The number of carbonyl (C=O) groups is 4. The number of aromatic nitrogens is 2. The van der Waals surface area contributed by atoms with Crippen LogP contribution in [-0.2, 0) is 5.75 Å². The van der Waals surface area contributed by atoms with Crippen molar-refractivity contribution in [3.8, 4) is 5.75 Å². The normalized spacial score (nSPS) is 17.0. The highest BCUT2D eigenvalue weighted by atomic mass is 32.2. The Morgan fingerprint density at radius 2 is 1.57 bits per heavy atom. The number of ketones is 2. The summed E-state index contributed by atoms with van der Waals surface area (Å²) < 4.78 is 5.98. The Kier molecular flexibility index (Phi) is 8.73. The summed E-state index contributed by atoms with van der Waals surface area (Å²) in [5, 5.41) is 0.343. The van der Waals surface area contributed by atoms with Crippen molar-refractivity contribution in [2.45, 2.75) is 75.5 Å². The van der Waals surface area contributed by atoms with Crippen LogP contribution in [0.15, 0.2) is 88.6 Å². The minimum atomic E-state index is -1.41. The highest BCUT2D eigenvalue weighted by Crippen LogP contribution is 2.45. The van der Waals surface area contributed by atoms with Gasteiger partial charge in [0.2, 0.25) is 0 Å². The van der Waals surface area contributed by atoms with E-state index in [1.807, 2.05) is 62.4 Å². The second kappa shape index (κ2) is 13.4. The summed E-state index contributed by atoms with van der Waals surface area (Å²) in [5.74, 6) is -2.47. The van der Waals surface area contributed by atoms with E-state index < -0.39 is 34.9 Å². The van der Waals surface area contributed by atoms with Crippen LogP contribution < -0.4 is 15.2 Å². The number of hydrogen-bond acceptors (Lipinski definition) is 8. The van der Waals surface area contributed by atoms with Crippen LogP contribution in [0, 0.1) is 13.8 Å². The van der Waals surface area contributed by atoms with E-state index in [1.165, 1.54) is 4.90 Å². The lowest BCUT2D eigenvalue weighted by molar-refractivity contribution is 0.0882. The number of allylic oxidation sites excluding steroid dienone is 2. The van der Waals surface area contributed by atoms with Crippen molar-refractivity contribution in [2.75, 3.05) is 4.90 Å². The number of ether oxygens (including phenoxy) is 1. The summed E-state index contributed by atoms with van der Waals surface area (Å²) in [4.78, 5) is 80.1. The average Bonchev–Trinajstić information content (AvgIpc) is 3.58. The van der Waals surface area contributed by atoms with E-state index in [-0.39, 0.29) is 51.2 Å². The van der Waals surface area contributed by atoms with Crippen LogP contribution in [0.25, 0.3) is 10.9 Å². The Balaban J connectivity index is 1.15. The third kappa shape index (κ3) is 5.81. The van der Waals surface area contributed by atoms with Crippen LogP contribution in [0.2, 0.25) is 0 Å². The Hall–Kier alpha value is -5.61. The standard InChI is InChI=1S/C43H37N3O6S/c1-22(2)52-27-15-17-29(26-13-9-6-10-14-26)32(19-27)46-42(50)35-23(3)33-34(24(4)36(35)43(46)51)39(48)37(38(33)47)40-44-31-18-16-28(20-30(31)41(49)45-40)53-21-25-11-7-5-8-12-25/h5,7-9,11-13,15-20,22,26,37H,6,10,14,21H2,1-4H3,(H,44,45,49). The Morgan fingerprint density at radius 3 is 2.21 bits per heavy atom. The number of rotatable bonds is 8. The Labute approximate surface area is 310 Å². The van der Waals surface area contributed by atoms with Gasteiger partial charge >= 0.3 is 0 Å². The minimum Gasteiger partial charge on any atom is -0.491 e. The summed E-state index contributed by atoms with van der Waals surface area (Å²) in [6, 6.07) is 20.8. The molecule has 1 aromatic heterocycles. The number of hydrogen-bond donors (Lipinski definition) is 1. The van der Waals surface area contributed by atoms with Crippen molar-refractivity contribution in [3.63, 3.8) is 0 Å². The molecule has 1 atom stereocenters. The first-order valence-corrected chi connectivity index (χ1v) is 18.8. The summed E-state index contributed by atoms with van der Waals surface area (Å²) in [5.41, 5.74) is 3.21. The molecule has 5 aromatic rings. The molecule has 0 radical (unpaired) electrons.